The van der Waals surface area contributed by atoms with E-state index in [1.54, 1.807) is 6.07 Å². The highest BCUT2D eigenvalue weighted by Crippen LogP contribution is 2.46. The van der Waals surface area contributed by atoms with E-state index in [0.29, 0.717) is 39.8 Å². The summed E-state index contributed by atoms with van der Waals surface area (Å²) in [7, 11) is 1.33. The molecule has 0 N–H and O–H groups in total. The lowest BCUT2D eigenvalue weighted by atomic mass is 9.87. The average molecular weight is 583 g/mol. The second-order valence-electron chi connectivity index (χ2n) is 11.3. The number of hydrogen-bond donors (Lipinski definition) is 0. The summed E-state index contributed by atoms with van der Waals surface area (Å²) in [5.41, 5.74) is 5.29. The Hall–Kier alpha value is -3.49. The lowest BCUT2D eigenvalue weighted by molar-refractivity contribution is -0.164. The van der Waals surface area contributed by atoms with Crippen LogP contribution in [0.25, 0.3) is 22.2 Å². The highest BCUT2D eigenvalue weighted by atomic mass is 35.5. The molecule has 0 bridgehead atoms. The first-order valence-corrected chi connectivity index (χ1v) is 13.9. The molecule has 0 radical (unpaired) electrons. The van der Waals surface area contributed by atoms with Gasteiger partial charge in [-0.05, 0) is 94.0 Å². The molecule has 3 heterocycles. The van der Waals surface area contributed by atoms with Gasteiger partial charge in [-0.25, -0.2) is 18.6 Å². The predicted octanol–water partition coefficient (Wildman–Crippen LogP) is 7.65. The highest BCUT2D eigenvalue weighted by molar-refractivity contribution is 6.32. The van der Waals surface area contributed by atoms with Gasteiger partial charge < -0.3 is 18.8 Å². The van der Waals surface area contributed by atoms with E-state index in [9.17, 15) is 13.6 Å². The van der Waals surface area contributed by atoms with Gasteiger partial charge in [0.2, 0.25) is 0 Å². The Morgan fingerprint density at radius 3 is 2.61 bits per heavy atom. The maximum atomic E-state index is 14.0. The van der Waals surface area contributed by atoms with E-state index in [0.717, 1.165) is 46.5 Å². The molecular weight excluding hydrogens is 550 g/mol. The third-order valence-electron chi connectivity index (χ3n) is 7.33. The molecule has 0 amide bonds. The number of nitrogens with zero attached hydrogens (tertiary/aromatic N) is 2. The smallest absolute Gasteiger partial charge is 0.339 e. The van der Waals surface area contributed by atoms with Crippen LogP contribution in [0.4, 0.5) is 8.78 Å². The van der Waals surface area contributed by atoms with Crippen LogP contribution in [-0.4, -0.2) is 34.8 Å². The van der Waals surface area contributed by atoms with Crippen molar-refractivity contribution in [3.05, 3.63) is 81.1 Å². The fraction of sp³-hybridized carbons (Fsp3) is 0.375. The number of carbonyl (C=O) groups is 1. The number of methoxy groups -OCH3 is 1. The first-order valence-electron chi connectivity index (χ1n) is 13.5. The van der Waals surface area contributed by atoms with Crippen LogP contribution in [0.15, 0.2) is 36.5 Å². The van der Waals surface area contributed by atoms with E-state index in [2.05, 4.69) is 0 Å². The van der Waals surface area contributed by atoms with Gasteiger partial charge >= 0.3 is 5.97 Å². The maximum absolute atomic E-state index is 14.0. The number of hydrogen-bond acceptors (Lipinski definition) is 5. The zero-order valence-corrected chi connectivity index (χ0v) is 24.8. The first-order chi connectivity index (χ1) is 19.4. The van der Waals surface area contributed by atoms with E-state index in [1.165, 1.54) is 13.2 Å². The molecule has 6 nitrogen and oxygen atoms in total. The second kappa shape index (κ2) is 11.1. The molecule has 0 saturated carbocycles. The van der Waals surface area contributed by atoms with Gasteiger partial charge in [-0.2, -0.15) is 0 Å². The molecule has 2 aromatic carbocycles. The van der Waals surface area contributed by atoms with Gasteiger partial charge in [0.1, 0.15) is 11.4 Å². The molecule has 1 aliphatic rings. The van der Waals surface area contributed by atoms with Crippen LogP contribution < -0.4 is 4.74 Å². The second-order valence-corrected chi connectivity index (χ2v) is 11.7. The van der Waals surface area contributed by atoms with Crippen LogP contribution in [0, 0.1) is 25.5 Å². The van der Waals surface area contributed by atoms with Crippen molar-refractivity contribution >= 4 is 28.6 Å². The summed E-state index contributed by atoms with van der Waals surface area (Å²) in [6.45, 7) is 10.4. The Kier molecular flexibility index (Phi) is 7.83. The Balaban J connectivity index is 1.80. The minimum absolute atomic E-state index is 0.266. The lowest BCUT2D eigenvalue weighted by Crippen LogP contribution is -2.29. The van der Waals surface area contributed by atoms with Crippen LogP contribution >= 0.6 is 11.6 Å². The molecule has 41 heavy (non-hydrogen) atoms. The van der Waals surface area contributed by atoms with E-state index in [4.69, 9.17) is 30.8 Å². The molecule has 2 aromatic heterocycles. The SMILES string of the molecule is COC(=O)[C@@H](OC(C)(C)C)c1c(C)nc2c(ccn2Cc2ccc(F)c(F)c2)c1-c1cc(Cl)c2c(c1C)CCCO2. The topological polar surface area (TPSA) is 62.6 Å². The van der Waals surface area contributed by atoms with Gasteiger partial charge in [0, 0.05) is 34.9 Å². The largest absolute Gasteiger partial charge is 0.492 e. The van der Waals surface area contributed by atoms with Crippen LogP contribution in [0.1, 0.15) is 61.2 Å². The molecule has 9 heteroatoms. The van der Waals surface area contributed by atoms with Gasteiger partial charge in [-0.15, -0.1) is 0 Å². The standard InChI is InChI=1S/C32H33ClF2N2O4/c1-17-20-8-7-13-40-28(20)23(33)15-22(17)27-21-11-12-37(16-19-9-10-24(34)25(35)14-19)30(21)36-18(2)26(27)29(31(38)39-6)41-32(3,4)5/h9-12,14-15,29H,7-8,13,16H2,1-6H3/t29-/m0/s1. The number of esters is 1. The number of ether oxygens (including phenoxy) is 3. The van der Waals surface area contributed by atoms with Crippen LogP contribution in [0.3, 0.4) is 0 Å². The number of aromatic nitrogens is 2. The molecule has 0 unspecified atom stereocenters. The number of carbonyl (C=O) groups excluding carboxylic acids is 1. The number of rotatable bonds is 6. The Labute approximate surface area is 243 Å². The van der Waals surface area contributed by atoms with E-state index in [-0.39, 0.29) is 6.54 Å². The van der Waals surface area contributed by atoms with Gasteiger partial charge in [-0.1, -0.05) is 17.7 Å². The van der Waals surface area contributed by atoms with Crippen molar-refractivity contribution < 1.29 is 27.8 Å². The Bertz CT molecular complexity index is 1660. The average Bonchev–Trinajstić information content (AvgIpc) is 3.31. The number of benzene rings is 2. The number of halogens is 3. The monoisotopic (exact) mass is 582 g/mol. The molecule has 0 spiro atoms. The Morgan fingerprint density at radius 2 is 1.93 bits per heavy atom. The normalized spacial score (nSPS) is 14.1. The van der Waals surface area contributed by atoms with Gasteiger partial charge in [0.05, 0.1) is 24.3 Å². The molecule has 216 valence electrons. The molecular formula is C32H33ClF2N2O4. The molecule has 0 saturated heterocycles. The Morgan fingerprint density at radius 1 is 1.17 bits per heavy atom. The summed E-state index contributed by atoms with van der Waals surface area (Å²) in [4.78, 5) is 18.2. The lowest BCUT2D eigenvalue weighted by Gasteiger charge is -2.30. The molecule has 0 fully saturated rings. The van der Waals surface area contributed by atoms with Crippen LogP contribution in [0.5, 0.6) is 5.75 Å². The van der Waals surface area contributed by atoms with Crippen LogP contribution in [0.2, 0.25) is 5.02 Å². The predicted molar refractivity (Wildman–Crippen MR) is 155 cm³/mol. The van der Waals surface area contributed by atoms with Crippen molar-refractivity contribution in [2.45, 2.75) is 65.7 Å². The van der Waals surface area contributed by atoms with Gasteiger partial charge in [-0.3, -0.25) is 0 Å². The van der Waals surface area contributed by atoms with E-state index >= 15 is 0 Å². The summed E-state index contributed by atoms with van der Waals surface area (Å²) in [6.07, 6.45) is 2.47. The quantitative estimate of drug-likeness (QED) is 0.218. The number of aryl methyl sites for hydroxylation is 1. The summed E-state index contributed by atoms with van der Waals surface area (Å²) in [6, 6.07) is 7.63. The molecule has 4 aromatic rings. The summed E-state index contributed by atoms with van der Waals surface area (Å²) in [5, 5.41) is 1.25. The summed E-state index contributed by atoms with van der Waals surface area (Å²) in [5.74, 6) is -1.66. The zero-order chi connectivity index (χ0) is 29.6. The summed E-state index contributed by atoms with van der Waals surface area (Å²) >= 11 is 6.79. The van der Waals surface area contributed by atoms with E-state index in [1.807, 2.05) is 57.5 Å². The van der Waals surface area contributed by atoms with Crippen LogP contribution in [-0.2, 0) is 27.2 Å². The van der Waals surface area contributed by atoms with Crippen molar-refractivity contribution in [2.75, 3.05) is 13.7 Å². The minimum atomic E-state index is -1.06. The highest BCUT2D eigenvalue weighted by Gasteiger charge is 2.35. The zero-order valence-electron chi connectivity index (χ0n) is 24.0. The first kappa shape index (κ1) is 29.0. The minimum Gasteiger partial charge on any atom is -0.492 e. The molecule has 5 rings (SSSR count). The molecule has 1 atom stereocenters. The van der Waals surface area contributed by atoms with Gasteiger partial charge in [0.25, 0.3) is 0 Å². The number of pyridine rings is 1. The van der Waals surface area contributed by atoms with Crippen molar-refractivity contribution in [3.8, 4) is 16.9 Å². The molecule has 0 aliphatic carbocycles. The molecule has 1 aliphatic heterocycles. The summed E-state index contributed by atoms with van der Waals surface area (Å²) < 4.78 is 46.9. The van der Waals surface area contributed by atoms with Gasteiger partial charge in [0.15, 0.2) is 17.7 Å². The fourth-order valence-corrected chi connectivity index (χ4v) is 5.78. The third kappa shape index (κ3) is 5.55. The van der Waals surface area contributed by atoms with Crippen molar-refractivity contribution in [1.82, 2.24) is 9.55 Å². The number of fused-ring (bicyclic) bond motifs is 2. The third-order valence-corrected chi connectivity index (χ3v) is 7.61. The van der Waals surface area contributed by atoms with Crippen molar-refractivity contribution in [1.29, 1.82) is 0 Å². The maximum Gasteiger partial charge on any atom is 0.339 e. The fourth-order valence-electron chi connectivity index (χ4n) is 5.51. The van der Waals surface area contributed by atoms with Crippen molar-refractivity contribution in [3.63, 3.8) is 0 Å². The van der Waals surface area contributed by atoms with E-state index < -0.39 is 29.3 Å². The van der Waals surface area contributed by atoms with Crippen molar-refractivity contribution in [2.24, 2.45) is 0 Å².